The molecule has 2 fully saturated rings. The van der Waals surface area contributed by atoms with E-state index in [-0.39, 0.29) is 32.4 Å². The number of hydrogen-bond acceptors (Lipinski definition) is 4. The van der Waals surface area contributed by atoms with Gasteiger partial charge in [-0.25, -0.2) is 0 Å². The lowest BCUT2D eigenvalue weighted by Crippen LogP contribution is -2.56. The van der Waals surface area contributed by atoms with E-state index in [4.69, 9.17) is 8.85 Å². The first-order chi connectivity index (χ1) is 17.3. The Balaban J connectivity index is 2.12. The van der Waals surface area contributed by atoms with Gasteiger partial charge >= 0.3 is 0 Å². The molecule has 228 valence electrons. The predicted octanol–water partition coefficient (Wildman–Crippen LogP) is 9.19. The first kappa shape index (κ1) is 33.5. The lowest BCUT2D eigenvalue weighted by Gasteiger charge is -2.57. The van der Waals surface area contributed by atoms with Gasteiger partial charge in [0.05, 0.1) is 6.10 Å². The molecule has 3 aliphatic carbocycles. The van der Waals surface area contributed by atoms with Crippen molar-refractivity contribution in [2.75, 3.05) is 0 Å². The Hall–Kier alpha value is 0.0138. The van der Waals surface area contributed by atoms with E-state index in [2.05, 4.69) is 95.4 Å². The molecular formula is C33H64O4Si2. The van der Waals surface area contributed by atoms with Crippen LogP contribution in [-0.4, -0.2) is 44.8 Å². The molecule has 2 saturated carbocycles. The van der Waals surface area contributed by atoms with Crippen LogP contribution < -0.4 is 0 Å². The zero-order valence-corrected chi connectivity index (χ0v) is 30.2. The van der Waals surface area contributed by atoms with E-state index in [1.54, 1.807) is 0 Å². The summed E-state index contributed by atoms with van der Waals surface area (Å²) < 4.78 is 13.9. The maximum atomic E-state index is 12.3. The lowest BCUT2D eigenvalue weighted by atomic mass is 9.52. The highest BCUT2D eigenvalue weighted by Gasteiger charge is 2.58. The highest BCUT2D eigenvalue weighted by Crippen LogP contribution is 2.63. The third-order valence-electron chi connectivity index (χ3n) is 12.4. The minimum Gasteiger partial charge on any atom is -0.413 e. The largest absolute Gasteiger partial charge is 0.413 e. The molecule has 0 aromatic rings. The summed E-state index contributed by atoms with van der Waals surface area (Å²) in [6, 6.07) is 0. The second kappa shape index (κ2) is 10.3. The van der Waals surface area contributed by atoms with Gasteiger partial charge in [-0.2, -0.15) is 0 Å². The molecule has 0 heterocycles. The van der Waals surface area contributed by atoms with Gasteiger partial charge in [0.2, 0.25) is 5.79 Å². The summed E-state index contributed by atoms with van der Waals surface area (Å²) in [5.41, 5.74) is 1.42. The van der Waals surface area contributed by atoms with Crippen LogP contribution in [-0.2, 0) is 8.85 Å². The van der Waals surface area contributed by atoms with E-state index < -0.39 is 28.5 Å². The first-order valence-corrected chi connectivity index (χ1v) is 21.6. The van der Waals surface area contributed by atoms with Gasteiger partial charge in [-0.1, -0.05) is 81.2 Å². The average Bonchev–Trinajstić information content (AvgIpc) is 2.80. The van der Waals surface area contributed by atoms with Gasteiger partial charge in [0.25, 0.3) is 0 Å². The van der Waals surface area contributed by atoms with Crippen LogP contribution in [0.3, 0.4) is 0 Å². The van der Waals surface area contributed by atoms with Crippen LogP contribution in [0.25, 0.3) is 0 Å². The maximum Gasteiger partial charge on any atom is 0.203 e. The van der Waals surface area contributed by atoms with Gasteiger partial charge in [0.15, 0.2) is 16.6 Å². The quantitative estimate of drug-likeness (QED) is 0.198. The van der Waals surface area contributed by atoms with E-state index in [0.717, 1.165) is 32.1 Å². The summed E-state index contributed by atoms with van der Waals surface area (Å²) in [5, 5.41) is 23.8. The van der Waals surface area contributed by atoms with Crippen molar-refractivity contribution in [2.45, 2.75) is 175 Å². The Morgan fingerprint density at radius 3 is 1.92 bits per heavy atom. The van der Waals surface area contributed by atoms with Crippen LogP contribution in [0, 0.1) is 22.2 Å². The molecule has 4 nitrogen and oxygen atoms in total. The van der Waals surface area contributed by atoms with Crippen molar-refractivity contribution < 1.29 is 19.1 Å². The zero-order chi connectivity index (χ0) is 30.1. The molecule has 0 amide bonds. The fourth-order valence-electron chi connectivity index (χ4n) is 7.45. The molecule has 0 radical (unpaired) electrons. The number of rotatable bonds is 4. The van der Waals surface area contributed by atoms with Crippen LogP contribution in [0.15, 0.2) is 11.6 Å². The van der Waals surface area contributed by atoms with Crippen LogP contribution in [0.1, 0.15) is 121 Å². The maximum absolute atomic E-state index is 12.3. The topological polar surface area (TPSA) is 58.9 Å². The highest BCUT2D eigenvalue weighted by molar-refractivity contribution is 6.74. The Morgan fingerprint density at radius 2 is 1.38 bits per heavy atom. The van der Waals surface area contributed by atoms with Gasteiger partial charge in [-0.05, 0) is 109 Å². The van der Waals surface area contributed by atoms with Crippen molar-refractivity contribution >= 4 is 16.6 Å². The third kappa shape index (κ3) is 6.36. The summed E-state index contributed by atoms with van der Waals surface area (Å²) in [7, 11) is -4.27. The van der Waals surface area contributed by atoms with Gasteiger partial charge in [-0.3, -0.25) is 0 Å². The second-order valence-electron chi connectivity index (χ2n) is 17.9. The predicted molar refractivity (Wildman–Crippen MR) is 170 cm³/mol. The monoisotopic (exact) mass is 580 g/mol. The van der Waals surface area contributed by atoms with Gasteiger partial charge < -0.3 is 19.1 Å². The molecule has 0 spiro atoms. The summed E-state index contributed by atoms with van der Waals surface area (Å²) in [6.45, 7) is 32.5. The second-order valence-corrected chi connectivity index (χ2v) is 27.4. The molecule has 2 bridgehead atoms. The van der Waals surface area contributed by atoms with Gasteiger partial charge in [0.1, 0.15) is 6.10 Å². The summed E-state index contributed by atoms with van der Waals surface area (Å²) >= 11 is 0. The van der Waals surface area contributed by atoms with Crippen molar-refractivity contribution in [3.63, 3.8) is 0 Å². The lowest BCUT2D eigenvalue weighted by molar-refractivity contribution is -0.180. The molecule has 0 aromatic carbocycles. The number of fused-ring (bicyclic) bond motifs is 4. The number of allylic oxidation sites excluding steroid dienone is 1. The van der Waals surface area contributed by atoms with Crippen molar-refractivity contribution in [2.24, 2.45) is 22.2 Å². The standard InChI is InChI=1S/C33H64O4Si2/c1-28(2,3)38(11,12)36-27-18-21-32(10)24-22-31(9,20-17-25(32)30(27,7)8)19-15-16-26(34)33(35,23-24)37-39(13,14)29(4,5)6/h23,25-27,34-35H,15-22H2,1-14H3/b24-23+/t25?,26?,27-,31-,32+,33+/m0/s1. The molecule has 6 heteroatoms. The fourth-order valence-corrected chi connectivity index (χ4v) is 10.3. The van der Waals surface area contributed by atoms with Crippen LogP contribution in [0.2, 0.25) is 36.3 Å². The average molecular weight is 581 g/mol. The van der Waals surface area contributed by atoms with Crippen LogP contribution in [0.4, 0.5) is 0 Å². The van der Waals surface area contributed by atoms with Crippen LogP contribution in [0.5, 0.6) is 0 Å². The number of aliphatic hydroxyl groups excluding tert-OH is 1. The Morgan fingerprint density at radius 1 is 0.821 bits per heavy atom. The summed E-state index contributed by atoms with van der Waals surface area (Å²) in [4.78, 5) is 0. The first-order valence-electron chi connectivity index (χ1n) is 15.8. The molecule has 39 heavy (non-hydrogen) atoms. The van der Waals surface area contributed by atoms with E-state index >= 15 is 0 Å². The van der Waals surface area contributed by atoms with E-state index in [1.807, 2.05) is 6.08 Å². The molecule has 0 saturated heterocycles. The number of hydrogen-bond donors (Lipinski definition) is 2. The minimum absolute atomic E-state index is 0.00793. The Kier molecular flexibility index (Phi) is 8.87. The molecule has 3 aliphatic rings. The molecule has 3 rings (SSSR count). The molecule has 0 aromatic heterocycles. The molecule has 0 aliphatic heterocycles. The summed E-state index contributed by atoms with van der Waals surface area (Å²) in [5.74, 6) is -1.21. The number of aliphatic hydroxyl groups is 2. The van der Waals surface area contributed by atoms with E-state index in [0.29, 0.717) is 12.3 Å². The van der Waals surface area contributed by atoms with Crippen molar-refractivity contribution in [3.05, 3.63) is 11.6 Å². The molecule has 2 N–H and O–H groups in total. The van der Waals surface area contributed by atoms with Crippen LogP contribution >= 0.6 is 0 Å². The van der Waals surface area contributed by atoms with E-state index in [9.17, 15) is 10.2 Å². The Labute approximate surface area is 244 Å². The fraction of sp³-hybridized carbons (Fsp3) is 0.939. The zero-order valence-electron chi connectivity index (χ0n) is 28.2. The molecular weight excluding hydrogens is 517 g/mol. The van der Waals surface area contributed by atoms with Gasteiger partial charge in [-0.15, -0.1) is 0 Å². The Bertz CT molecular complexity index is 927. The van der Waals surface area contributed by atoms with E-state index in [1.165, 1.54) is 18.4 Å². The summed E-state index contributed by atoms with van der Waals surface area (Å²) in [6.07, 6.45) is 9.31. The molecule has 6 atom stereocenters. The van der Waals surface area contributed by atoms with Crippen molar-refractivity contribution in [1.82, 2.24) is 0 Å². The van der Waals surface area contributed by atoms with Gasteiger partial charge in [0, 0.05) is 0 Å². The minimum atomic E-state index is -2.36. The highest BCUT2D eigenvalue weighted by atomic mass is 28.4. The normalized spacial score (nSPS) is 39.9. The molecule has 2 unspecified atom stereocenters. The van der Waals surface area contributed by atoms with Crippen molar-refractivity contribution in [3.8, 4) is 0 Å². The smallest absolute Gasteiger partial charge is 0.203 e. The van der Waals surface area contributed by atoms with Crippen molar-refractivity contribution in [1.29, 1.82) is 0 Å². The SMILES string of the molecule is CC1(C)C2CC[C@]3(C)CCCC(O)[C@](O)(O[Si](C)(C)C(C)(C)C)/C=C(\C3)[C@@]2(C)CC[C@@H]1O[Si](C)(C)C(C)(C)C. The third-order valence-corrected chi connectivity index (χ3v) is 21.3.